The van der Waals surface area contributed by atoms with Crippen LogP contribution >= 0.6 is 0 Å². The van der Waals surface area contributed by atoms with E-state index in [1.165, 1.54) is 85.7 Å². The van der Waals surface area contributed by atoms with Crippen LogP contribution in [0.15, 0.2) is 24.4 Å². The highest BCUT2D eigenvalue weighted by Gasteiger charge is 2.46. The van der Waals surface area contributed by atoms with E-state index in [0.29, 0.717) is 44.9 Å². The largest absolute Gasteiger partial charge is 0.368 e. The van der Waals surface area contributed by atoms with E-state index < -0.39 is 107 Å². The lowest BCUT2D eigenvalue weighted by Crippen LogP contribution is -2.69. The van der Waals surface area contributed by atoms with Gasteiger partial charge >= 0.3 is 6.03 Å². The number of hydrogen-bond donors (Lipinski definition) is 4. The lowest BCUT2D eigenvalue weighted by atomic mass is 9.92. The van der Waals surface area contributed by atoms with Crippen molar-refractivity contribution in [2.45, 2.75) is 209 Å². The zero-order valence-electron chi connectivity index (χ0n) is 57.5. The second-order valence-corrected chi connectivity index (χ2v) is 26.7. The first-order valence-corrected chi connectivity index (χ1v) is 31.3. The zero-order valence-corrected chi connectivity index (χ0v) is 57.5. The van der Waals surface area contributed by atoms with E-state index in [1.807, 2.05) is 87.6 Å². The minimum atomic E-state index is -2.07. The van der Waals surface area contributed by atoms with Gasteiger partial charge in [-0.1, -0.05) is 96.1 Å². The van der Waals surface area contributed by atoms with Crippen LogP contribution in [-0.2, 0) is 54.5 Å². The van der Waals surface area contributed by atoms with Gasteiger partial charge in [0.05, 0.1) is 18.3 Å². The Bertz CT molecular complexity index is 2460. The number of pyridine rings is 1. The summed E-state index contributed by atoms with van der Waals surface area (Å²) in [6.07, 6.45) is 5.57. The molecule has 0 saturated carbocycles. The van der Waals surface area contributed by atoms with Gasteiger partial charge in [-0.15, -0.1) is 0 Å². The van der Waals surface area contributed by atoms with Gasteiger partial charge in [-0.05, 0) is 120 Å². The summed E-state index contributed by atoms with van der Waals surface area (Å²) in [5, 5.41) is 8.66. The van der Waals surface area contributed by atoms with Gasteiger partial charge in [0, 0.05) is 68.5 Å². The van der Waals surface area contributed by atoms with Gasteiger partial charge in [0.15, 0.2) is 23.9 Å². The summed E-state index contributed by atoms with van der Waals surface area (Å²) < 4.78 is 0. The molecule has 0 aliphatic carbocycles. The smallest absolute Gasteiger partial charge is 0.319 e. The number of aldehydes is 2. The van der Waals surface area contributed by atoms with Gasteiger partial charge in [-0.25, -0.2) is 4.79 Å². The van der Waals surface area contributed by atoms with Crippen molar-refractivity contribution >= 4 is 65.9 Å². The molecule has 0 aliphatic rings. The van der Waals surface area contributed by atoms with Crippen molar-refractivity contribution in [2.75, 3.05) is 69.5 Å². The summed E-state index contributed by atoms with van der Waals surface area (Å²) in [7, 11) is 12.1. The summed E-state index contributed by atoms with van der Waals surface area (Å²) in [5.74, 6) is -6.15. The number of likely N-dealkylation sites (N-methyl/N-ethyl adjacent to an activating group) is 7. The molecule has 0 aromatic carbocycles. The summed E-state index contributed by atoms with van der Waals surface area (Å²) in [6, 6.07) is -1.98. The Morgan fingerprint density at radius 2 is 1.18 bits per heavy atom. The molecule has 1 aromatic rings. The highest BCUT2D eigenvalue weighted by molar-refractivity contribution is 5.97. The van der Waals surface area contributed by atoms with Crippen LogP contribution in [0.4, 0.5) is 4.79 Å². The average molecular weight is 1240 g/mol. The summed E-state index contributed by atoms with van der Waals surface area (Å²) in [5.41, 5.74) is 3.06. The van der Waals surface area contributed by atoms with E-state index in [2.05, 4.69) is 25.8 Å². The van der Waals surface area contributed by atoms with Crippen LogP contribution in [0.5, 0.6) is 0 Å². The highest BCUT2D eigenvalue weighted by atomic mass is 16.2. The Hall–Kier alpha value is -6.56. The van der Waals surface area contributed by atoms with Crippen LogP contribution in [0.25, 0.3) is 0 Å². The molecule has 0 radical (unpaired) electrons. The Morgan fingerprint density at radius 3 is 1.66 bits per heavy atom. The van der Waals surface area contributed by atoms with Crippen molar-refractivity contribution in [1.29, 1.82) is 0 Å². The van der Waals surface area contributed by atoms with Crippen molar-refractivity contribution in [3.05, 3.63) is 30.1 Å². The number of amides is 10. The minimum absolute atomic E-state index is 0.0921. The number of nitrogens with two attached hydrogens (primary N) is 1. The van der Waals surface area contributed by atoms with Crippen molar-refractivity contribution in [3.8, 4) is 0 Å². The lowest BCUT2D eigenvalue weighted by Gasteiger charge is -2.44. The van der Waals surface area contributed by atoms with E-state index in [0.717, 1.165) is 17.0 Å². The number of nitrogens with zero attached hydrogens (tertiary/aromatic N) is 9. The topological polar surface area (TPSA) is 289 Å². The molecule has 10 amide bonds. The van der Waals surface area contributed by atoms with Crippen LogP contribution in [0, 0.1) is 35.5 Å². The zero-order chi connectivity index (χ0) is 67.9. The monoisotopic (exact) mass is 1240 g/mol. The van der Waals surface area contributed by atoms with E-state index in [1.54, 1.807) is 33.9 Å². The van der Waals surface area contributed by atoms with Crippen LogP contribution in [0.1, 0.15) is 160 Å². The van der Waals surface area contributed by atoms with E-state index >= 15 is 0 Å². The standard InChI is InChI=1S/C64H113N13O11/c1-23-28-52(80)71(16)38-53(81)76(21)64(40-79,36-44(8)9)68-54(45(10)11)60(86)73(18)50(34-42(4)5)57(83)69-63(14,39-78)77(22)62(88)67-48(33-41(2)3)58(84)74(19)51(35-43(6)7)59(85)75(20)55(46(12)13)61(87)72(17)49(56(65)82)30-25-27-32-70(15)37-47-29-24-26-31-66-47/h24,26,29,31,39-46,48-51,54-55,68H,23,25,27-28,30,32-38H2,1-22H3,(H2,65,82)(H,67,88)(H,69,83). The number of carbonyl (C=O) groups is 11. The molecule has 8 unspecified atom stereocenters. The van der Waals surface area contributed by atoms with E-state index in [4.69, 9.17) is 5.73 Å². The molecule has 1 rings (SSSR count). The Labute approximate surface area is 526 Å². The Kier molecular flexibility index (Phi) is 33.2. The van der Waals surface area contributed by atoms with Crippen molar-refractivity contribution < 1.29 is 52.7 Å². The number of aromatic nitrogens is 1. The number of unbranched alkanes of at least 4 members (excludes halogenated alkanes) is 1. The minimum Gasteiger partial charge on any atom is -0.368 e. The first-order chi connectivity index (χ1) is 40.8. The number of hydrogen-bond acceptors (Lipinski definition) is 14. The number of rotatable bonds is 39. The summed E-state index contributed by atoms with van der Waals surface area (Å²) >= 11 is 0. The maximum absolute atomic E-state index is 14.9. The molecule has 1 heterocycles. The first-order valence-electron chi connectivity index (χ1n) is 31.3. The molecule has 500 valence electrons. The number of urea groups is 1. The van der Waals surface area contributed by atoms with E-state index in [-0.39, 0.29) is 68.2 Å². The second-order valence-electron chi connectivity index (χ2n) is 26.7. The molecule has 5 N–H and O–H groups in total. The molecular weight excluding hydrogens is 1130 g/mol. The molecular formula is C64H113N13O11. The third kappa shape index (κ3) is 23.4. The summed E-state index contributed by atoms with van der Waals surface area (Å²) in [4.78, 5) is 169. The fraction of sp³-hybridized carbons (Fsp3) is 0.750. The van der Waals surface area contributed by atoms with Crippen LogP contribution < -0.4 is 21.7 Å². The fourth-order valence-corrected chi connectivity index (χ4v) is 10.8. The fourth-order valence-electron chi connectivity index (χ4n) is 10.8. The average Bonchev–Trinajstić information content (AvgIpc) is 1.28. The van der Waals surface area contributed by atoms with Crippen LogP contribution in [0.2, 0.25) is 0 Å². The third-order valence-electron chi connectivity index (χ3n) is 16.2. The number of nitrogens with one attached hydrogen (secondary N) is 3. The van der Waals surface area contributed by atoms with Crippen molar-refractivity contribution in [3.63, 3.8) is 0 Å². The van der Waals surface area contributed by atoms with Gasteiger partial charge in [0.25, 0.3) is 0 Å². The van der Waals surface area contributed by atoms with Crippen molar-refractivity contribution in [2.24, 2.45) is 41.2 Å². The molecule has 0 aliphatic heterocycles. The van der Waals surface area contributed by atoms with Gasteiger partial charge in [-0.2, -0.15) is 0 Å². The maximum Gasteiger partial charge on any atom is 0.319 e. The molecule has 0 fully saturated rings. The Balaban J connectivity index is 3.57. The third-order valence-corrected chi connectivity index (χ3v) is 16.2. The molecule has 8 atom stereocenters. The molecule has 88 heavy (non-hydrogen) atoms. The molecule has 0 bridgehead atoms. The van der Waals surface area contributed by atoms with Gasteiger partial charge in [0.1, 0.15) is 30.2 Å². The predicted octanol–water partition coefficient (Wildman–Crippen LogP) is 4.59. The number of carbonyl (C=O) groups excluding carboxylic acids is 11. The highest BCUT2D eigenvalue weighted by Crippen LogP contribution is 2.26. The number of primary amides is 1. The molecule has 0 saturated heterocycles. The quantitative estimate of drug-likeness (QED) is 0.0399. The van der Waals surface area contributed by atoms with Gasteiger partial charge < -0.3 is 50.7 Å². The maximum atomic E-state index is 14.9. The first kappa shape index (κ1) is 79.5. The normalized spacial score (nSPS) is 15.1. The van der Waals surface area contributed by atoms with Crippen molar-refractivity contribution in [1.82, 2.24) is 60.1 Å². The Morgan fingerprint density at radius 1 is 0.625 bits per heavy atom. The predicted molar refractivity (Wildman–Crippen MR) is 341 cm³/mol. The molecule has 24 heteroatoms. The molecule has 24 nitrogen and oxygen atoms in total. The lowest BCUT2D eigenvalue weighted by molar-refractivity contribution is -0.153. The molecule has 1 aromatic heterocycles. The second kappa shape index (κ2) is 36.8. The molecule has 0 spiro atoms. The van der Waals surface area contributed by atoms with Crippen LogP contribution in [-0.4, -0.2) is 227 Å². The SMILES string of the molecule is CCCC(=O)N(C)CC(=O)N(C)C(C=O)(CC(C)C)NC(C(=O)N(C)C(CC(C)C)C(=O)NC(C)(C=O)N(C)C(=O)NC(CC(C)C)C(=O)N(C)C(CC(C)C)C(=O)N(C)C(C(=O)N(C)C(CCCCN(C)Cc1ccccn1)C(N)=O)C(C)C)C(C)C. The van der Waals surface area contributed by atoms with Crippen LogP contribution in [0.3, 0.4) is 0 Å². The van der Waals surface area contributed by atoms with Gasteiger partial charge in [-0.3, -0.25) is 63.1 Å². The van der Waals surface area contributed by atoms with Gasteiger partial charge in [0.2, 0.25) is 47.3 Å². The van der Waals surface area contributed by atoms with E-state index in [9.17, 15) is 52.7 Å². The summed E-state index contributed by atoms with van der Waals surface area (Å²) in [6.45, 7) is 26.1.